The second-order valence-corrected chi connectivity index (χ2v) is 8.20. The molecule has 0 bridgehead atoms. The number of carboxylic acid groups (broad SMARTS) is 1. The smallest absolute Gasteiger partial charge is 0.320 e. The number of hydrogen-bond donors (Lipinski definition) is 4. The van der Waals surface area contributed by atoms with Crippen LogP contribution >= 0.6 is 0 Å². The van der Waals surface area contributed by atoms with Crippen molar-refractivity contribution in [3.05, 3.63) is 71.3 Å². The second kappa shape index (κ2) is 10.7. The normalized spacial score (nSPS) is 19.8. The summed E-state index contributed by atoms with van der Waals surface area (Å²) in [7, 11) is 1.78. The molecular weight excluding hydrogens is 422 g/mol. The minimum Gasteiger partial charge on any atom is -0.480 e. The van der Waals surface area contributed by atoms with E-state index in [4.69, 9.17) is 16.6 Å². The van der Waals surface area contributed by atoms with Gasteiger partial charge in [-0.3, -0.25) is 14.4 Å². The molecule has 1 heterocycles. The van der Waals surface area contributed by atoms with Gasteiger partial charge in [0.2, 0.25) is 5.91 Å². The molecule has 33 heavy (non-hydrogen) atoms. The summed E-state index contributed by atoms with van der Waals surface area (Å²) in [4.78, 5) is 41.7. The number of nitrogens with two attached hydrogens (primary N) is 2. The van der Waals surface area contributed by atoms with Gasteiger partial charge < -0.3 is 26.8 Å². The van der Waals surface area contributed by atoms with Gasteiger partial charge in [0.25, 0.3) is 5.91 Å². The van der Waals surface area contributed by atoms with E-state index in [2.05, 4.69) is 10.3 Å². The van der Waals surface area contributed by atoms with Crippen molar-refractivity contribution in [2.45, 2.75) is 24.8 Å². The molecule has 0 aliphatic carbocycles. The van der Waals surface area contributed by atoms with Crippen molar-refractivity contribution in [1.29, 1.82) is 0 Å². The maximum atomic E-state index is 12.8. The Morgan fingerprint density at radius 3 is 2.48 bits per heavy atom. The van der Waals surface area contributed by atoms with Gasteiger partial charge >= 0.3 is 5.97 Å². The first-order valence-electron chi connectivity index (χ1n) is 10.8. The molecule has 1 aliphatic rings. The summed E-state index contributed by atoms with van der Waals surface area (Å²) in [6.07, 6.45) is 0.996. The van der Waals surface area contributed by atoms with Crippen molar-refractivity contribution in [1.82, 2.24) is 10.2 Å². The topological polar surface area (TPSA) is 151 Å². The summed E-state index contributed by atoms with van der Waals surface area (Å²) >= 11 is 0. The second-order valence-electron chi connectivity index (χ2n) is 8.20. The van der Waals surface area contributed by atoms with Crippen molar-refractivity contribution in [3.63, 3.8) is 0 Å². The molecular formula is C24H29N5O4. The fourth-order valence-electron chi connectivity index (χ4n) is 3.98. The molecule has 6 N–H and O–H groups in total. The SMILES string of the molecule is CN1CCC(c2ccccc2)C(CN/C(N)=N/C(=O)c2ccc(C[C@H](N)C(=O)O)cc2)C1=O. The van der Waals surface area contributed by atoms with E-state index in [0.717, 1.165) is 12.0 Å². The zero-order valence-electron chi connectivity index (χ0n) is 18.5. The van der Waals surface area contributed by atoms with Crippen molar-refractivity contribution >= 4 is 23.7 Å². The van der Waals surface area contributed by atoms with Crippen molar-refractivity contribution in [2.75, 3.05) is 20.1 Å². The van der Waals surface area contributed by atoms with Crippen LogP contribution in [0.4, 0.5) is 0 Å². The van der Waals surface area contributed by atoms with E-state index in [0.29, 0.717) is 17.7 Å². The van der Waals surface area contributed by atoms with Crippen LogP contribution in [0.25, 0.3) is 0 Å². The number of nitrogens with zero attached hydrogens (tertiary/aromatic N) is 2. The van der Waals surface area contributed by atoms with Gasteiger partial charge in [0.05, 0.1) is 5.92 Å². The van der Waals surface area contributed by atoms with Gasteiger partial charge in [0.1, 0.15) is 6.04 Å². The van der Waals surface area contributed by atoms with Gasteiger partial charge in [-0.05, 0) is 42.0 Å². The van der Waals surface area contributed by atoms with E-state index in [1.807, 2.05) is 30.3 Å². The van der Waals surface area contributed by atoms with Gasteiger partial charge in [-0.25, -0.2) is 0 Å². The molecule has 0 radical (unpaired) electrons. The number of aliphatic carboxylic acids is 1. The fourth-order valence-corrected chi connectivity index (χ4v) is 3.98. The van der Waals surface area contributed by atoms with Crippen LogP contribution < -0.4 is 16.8 Å². The molecule has 0 aromatic heterocycles. The number of nitrogens with one attached hydrogen (secondary N) is 1. The zero-order valence-corrected chi connectivity index (χ0v) is 18.5. The number of rotatable bonds is 7. The van der Waals surface area contributed by atoms with E-state index in [-0.39, 0.29) is 36.7 Å². The zero-order chi connectivity index (χ0) is 24.0. The molecule has 2 amide bonds. The van der Waals surface area contributed by atoms with Crippen LogP contribution in [0.15, 0.2) is 59.6 Å². The fraction of sp³-hybridized carbons (Fsp3) is 0.333. The van der Waals surface area contributed by atoms with Crippen LogP contribution in [0.1, 0.15) is 33.8 Å². The van der Waals surface area contributed by atoms with Crippen LogP contribution in [0.3, 0.4) is 0 Å². The minimum absolute atomic E-state index is 0.0249. The van der Waals surface area contributed by atoms with E-state index in [9.17, 15) is 14.4 Å². The average molecular weight is 452 g/mol. The average Bonchev–Trinajstić information content (AvgIpc) is 2.80. The molecule has 3 rings (SSSR count). The molecule has 1 saturated heterocycles. The maximum absolute atomic E-state index is 12.8. The van der Waals surface area contributed by atoms with Crippen molar-refractivity contribution in [2.24, 2.45) is 22.4 Å². The molecule has 2 unspecified atom stereocenters. The molecule has 2 aromatic carbocycles. The Hall–Kier alpha value is -3.72. The van der Waals surface area contributed by atoms with Gasteiger partial charge in [-0.2, -0.15) is 4.99 Å². The number of guanidine groups is 1. The molecule has 174 valence electrons. The van der Waals surface area contributed by atoms with Crippen LogP contribution in [-0.4, -0.2) is 59.9 Å². The van der Waals surface area contributed by atoms with Crippen LogP contribution in [0.2, 0.25) is 0 Å². The monoisotopic (exact) mass is 451 g/mol. The Bertz CT molecular complexity index is 1020. The first-order chi connectivity index (χ1) is 15.8. The molecule has 0 spiro atoms. The number of carboxylic acids is 1. The number of hydrogen-bond acceptors (Lipinski definition) is 4. The molecule has 0 saturated carbocycles. The van der Waals surface area contributed by atoms with Crippen LogP contribution in [-0.2, 0) is 16.0 Å². The lowest BCUT2D eigenvalue weighted by atomic mass is 9.80. The number of aliphatic imine (C=N–C) groups is 1. The summed E-state index contributed by atoms with van der Waals surface area (Å²) in [5, 5.41) is 11.8. The molecule has 1 fully saturated rings. The number of amides is 2. The number of benzene rings is 2. The minimum atomic E-state index is -1.09. The third-order valence-corrected chi connectivity index (χ3v) is 5.88. The quantitative estimate of drug-likeness (QED) is 0.361. The lowest BCUT2D eigenvalue weighted by Crippen LogP contribution is -2.48. The highest BCUT2D eigenvalue weighted by Crippen LogP contribution is 2.33. The molecule has 1 aliphatic heterocycles. The van der Waals surface area contributed by atoms with Gasteiger partial charge in [-0.15, -0.1) is 0 Å². The van der Waals surface area contributed by atoms with Crippen molar-refractivity contribution < 1.29 is 19.5 Å². The summed E-state index contributed by atoms with van der Waals surface area (Å²) in [6, 6.07) is 15.3. The third-order valence-electron chi connectivity index (χ3n) is 5.88. The van der Waals surface area contributed by atoms with E-state index < -0.39 is 17.9 Å². The lowest BCUT2D eigenvalue weighted by Gasteiger charge is -2.36. The van der Waals surface area contributed by atoms with Gasteiger partial charge in [0, 0.05) is 25.7 Å². The summed E-state index contributed by atoms with van der Waals surface area (Å²) in [5.41, 5.74) is 13.6. The van der Waals surface area contributed by atoms with Gasteiger partial charge in [-0.1, -0.05) is 42.5 Å². The first kappa shape index (κ1) is 23.9. The number of piperidine rings is 1. The Morgan fingerprint density at radius 1 is 1.18 bits per heavy atom. The van der Waals surface area contributed by atoms with Crippen LogP contribution in [0, 0.1) is 5.92 Å². The predicted octanol–water partition coefficient (Wildman–Crippen LogP) is 0.948. The molecule has 9 nitrogen and oxygen atoms in total. The first-order valence-corrected chi connectivity index (χ1v) is 10.8. The van der Waals surface area contributed by atoms with Crippen molar-refractivity contribution in [3.8, 4) is 0 Å². The Labute approximate surface area is 192 Å². The summed E-state index contributed by atoms with van der Waals surface area (Å²) < 4.78 is 0. The third kappa shape index (κ3) is 6.17. The van der Waals surface area contributed by atoms with E-state index in [1.165, 1.54) is 0 Å². The number of carbonyl (C=O) groups excluding carboxylic acids is 2. The lowest BCUT2D eigenvalue weighted by molar-refractivity contribution is -0.139. The largest absolute Gasteiger partial charge is 0.480 e. The van der Waals surface area contributed by atoms with Crippen LogP contribution in [0.5, 0.6) is 0 Å². The standard InChI is InChI=1S/C24H29N5O4/c1-29-12-11-18(16-5-3-2-4-6-16)19(22(29)31)14-27-24(26)28-21(30)17-9-7-15(8-10-17)13-20(25)23(32)33/h2-10,18-20H,11-14,25H2,1H3,(H,32,33)(H3,26,27,28,30)/t18?,19?,20-/m0/s1. The highest BCUT2D eigenvalue weighted by molar-refractivity contribution is 6.02. The highest BCUT2D eigenvalue weighted by atomic mass is 16.4. The Kier molecular flexibility index (Phi) is 7.78. The Morgan fingerprint density at radius 2 is 1.85 bits per heavy atom. The predicted molar refractivity (Wildman–Crippen MR) is 125 cm³/mol. The highest BCUT2D eigenvalue weighted by Gasteiger charge is 2.35. The molecule has 3 atom stereocenters. The maximum Gasteiger partial charge on any atom is 0.320 e. The van der Waals surface area contributed by atoms with E-state index in [1.54, 1.807) is 36.2 Å². The summed E-state index contributed by atoms with van der Waals surface area (Å²) in [5.74, 6) is -1.94. The number of carbonyl (C=O) groups is 3. The van der Waals surface area contributed by atoms with E-state index >= 15 is 0 Å². The molecule has 9 heteroatoms. The number of likely N-dealkylation sites (tertiary alicyclic amines) is 1. The molecule has 2 aromatic rings. The Balaban J connectivity index is 1.64. The summed E-state index contributed by atoms with van der Waals surface area (Å²) in [6.45, 7) is 0.946. The van der Waals surface area contributed by atoms with Gasteiger partial charge in [0.15, 0.2) is 5.96 Å².